The third-order valence-electron chi connectivity index (χ3n) is 5.38. The summed E-state index contributed by atoms with van der Waals surface area (Å²) in [5.74, 6) is 0.876. The predicted molar refractivity (Wildman–Crippen MR) is 135 cm³/mol. The molecule has 0 spiro atoms. The highest BCUT2D eigenvalue weighted by Crippen LogP contribution is 2.29. The lowest BCUT2D eigenvalue weighted by Gasteiger charge is -2.08. The van der Waals surface area contributed by atoms with Crippen LogP contribution in [0.25, 0.3) is 21.8 Å². The molecule has 0 saturated carbocycles. The summed E-state index contributed by atoms with van der Waals surface area (Å²) in [6, 6.07) is 24.6. The number of hydrogen-bond donors (Lipinski definition) is 1. The number of carbonyl (C=O) groups is 1. The van der Waals surface area contributed by atoms with Gasteiger partial charge in [-0.3, -0.25) is 4.79 Å². The molecule has 1 aromatic heterocycles. The van der Waals surface area contributed by atoms with Gasteiger partial charge in [0.2, 0.25) is 5.91 Å². The first-order chi connectivity index (χ1) is 16.1. The number of hydrogen-bond acceptors (Lipinski definition) is 4. The van der Waals surface area contributed by atoms with Gasteiger partial charge >= 0.3 is 0 Å². The number of aromatic nitrogens is 1. The number of benzene rings is 3. The third kappa shape index (κ3) is 6.53. The summed E-state index contributed by atoms with van der Waals surface area (Å²) in [6.07, 6.45) is 1.14. The molecule has 1 amide bonds. The molecule has 0 atom stereocenters. The van der Waals surface area contributed by atoms with E-state index in [1.165, 1.54) is 11.1 Å². The molecular weight excluding hydrogens is 428 g/mol. The Kier molecular flexibility index (Phi) is 7.53. The molecule has 33 heavy (non-hydrogen) atoms. The summed E-state index contributed by atoms with van der Waals surface area (Å²) in [4.78, 5) is 16.9. The van der Waals surface area contributed by atoms with E-state index >= 15 is 0 Å². The van der Waals surface area contributed by atoms with Crippen molar-refractivity contribution in [2.45, 2.75) is 33.2 Å². The first-order valence-corrected chi connectivity index (χ1v) is 12.0. The van der Waals surface area contributed by atoms with Crippen LogP contribution in [0.3, 0.4) is 0 Å². The van der Waals surface area contributed by atoms with Gasteiger partial charge in [0.25, 0.3) is 0 Å². The SMILES string of the molecule is Cc1ccc(OCCCC(=O)NCc2ccc(-c3nc(-c4ccc(C)cc4)cs3)cc2)cc1. The van der Waals surface area contributed by atoms with Crippen LogP contribution in [0.5, 0.6) is 5.75 Å². The Hall–Kier alpha value is -3.44. The Morgan fingerprint density at radius 2 is 1.52 bits per heavy atom. The van der Waals surface area contributed by atoms with Crippen molar-refractivity contribution in [2.75, 3.05) is 6.61 Å². The van der Waals surface area contributed by atoms with E-state index in [1.807, 2.05) is 43.3 Å². The van der Waals surface area contributed by atoms with Crippen molar-refractivity contribution < 1.29 is 9.53 Å². The summed E-state index contributed by atoms with van der Waals surface area (Å²) in [6.45, 7) is 5.18. The van der Waals surface area contributed by atoms with Crippen LogP contribution in [0.1, 0.15) is 29.5 Å². The average molecular weight is 457 g/mol. The van der Waals surface area contributed by atoms with Gasteiger partial charge in [-0.1, -0.05) is 71.8 Å². The fraction of sp³-hybridized carbons (Fsp3) is 0.214. The summed E-state index contributed by atoms with van der Waals surface area (Å²) in [5, 5.41) is 6.08. The molecule has 4 aromatic rings. The zero-order valence-electron chi connectivity index (χ0n) is 19.0. The molecule has 0 aliphatic rings. The second-order valence-corrected chi connectivity index (χ2v) is 9.00. The monoisotopic (exact) mass is 456 g/mol. The van der Waals surface area contributed by atoms with E-state index in [4.69, 9.17) is 9.72 Å². The van der Waals surface area contributed by atoms with E-state index in [1.54, 1.807) is 11.3 Å². The van der Waals surface area contributed by atoms with Crippen LogP contribution in [0.4, 0.5) is 0 Å². The quantitative estimate of drug-likeness (QED) is 0.290. The number of carbonyl (C=O) groups excluding carboxylic acids is 1. The number of nitrogens with one attached hydrogen (secondary N) is 1. The molecule has 0 bridgehead atoms. The van der Waals surface area contributed by atoms with Crippen LogP contribution in [0, 0.1) is 13.8 Å². The maximum Gasteiger partial charge on any atom is 0.220 e. The van der Waals surface area contributed by atoms with Crippen molar-refractivity contribution in [1.29, 1.82) is 0 Å². The Labute approximate surface area is 199 Å². The molecule has 0 fully saturated rings. The van der Waals surface area contributed by atoms with Gasteiger partial charge in [0.1, 0.15) is 10.8 Å². The van der Waals surface area contributed by atoms with Crippen LogP contribution in [-0.2, 0) is 11.3 Å². The standard InChI is InChI=1S/C28H28N2O2S/c1-20-5-11-23(12-6-20)26-19-33-28(30-26)24-13-9-22(10-14-24)18-29-27(31)4-3-17-32-25-15-7-21(2)8-16-25/h5-16,19H,3-4,17-18H2,1-2H3,(H,29,31). The van der Waals surface area contributed by atoms with E-state index in [-0.39, 0.29) is 5.91 Å². The lowest BCUT2D eigenvalue weighted by Crippen LogP contribution is -2.22. The summed E-state index contributed by atoms with van der Waals surface area (Å²) in [7, 11) is 0. The smallest absolute Gasteiger partial charge is 0.220 e. The van der Waals surface area contributed by atoms with Crippen LogP contribution >= 0.6 is 11.3 Å². The van der Waals surface area contributed by atoms with Gasteiger partial charge in [0.15, 0.2) is 0 Å². The average Bonchev–Trinajstić information content (AvgIpc) is 3.33. The Morgan fingerprint density at radius 1 is 0.879 bits per heavy atom. The number of aryl methyl sites for hydroxylation is 2. The van der Waals surface area contributed by atoms with Crippen molar-refractivity contribution >= 4 is 17.2 Å². The zero-order valence-corrected chi connectivity index (χ0v) is 19.8. The molecule has 4 nitrogen and oxygen atoms in total. The van der Waals surface area contributed by atoms with Gasteiger partial charge in [-0.05, 0) is 38.0 Å². The molecule has 1 N–H and O–H groups in total. The fourth-order valence-electron chi connectivity index (χ4n) is 3.37. The molecular formula is C28H28N2O2S. The molecule has 0 saturated heterocycles. The van der Waals surface area contributed by atoms with Crippen molar-refractivity contribution in [1.82, 2.24) is 10.3 Å². The minimum absolute atomic E-state index is 0.0363. The molecule has 0 radical (unpaired) electrons. The second-order valence-electron chi connectivity index (χ2n) is 8.14. The fourth-order valence-corrected chi connectivity index (χ4v) is 4.21. The third-order valence-corrected chi connectivity index (χ3v) is 6.27. The van der Waals surface area contributed by atoms with Gasteiger partial charge in [-0.2, -0.15) is 0 Å². The first-order valence-electron chi connectivity index (χ1n) is 11.1. The first kappa shape index (κ1) is 22.7. The normalized spacial score (nSPS) is 10.7. The highest BCUT2D eigenvalue weighted by atomic mass is 32.1. The number of thiazole rings is 1. The van der Waals surface area contributed by atoms with Gasteiger partial charge in [-0.25, -0.2) is 4.98 Å². The van der Waals surface area contributed by atoms with Crippen molar-refractivity contribution in [3.05, 3.63) is 94.9 Å². The number of nitrogens with zero attached hydrogens (tertiary/aromatic N) is 1. The maximum atomic E-state index is 12.1. The molecule has 4 rings (SSSR count). The summed E-state index contributed by atoms with van der Waals surface area (Å²) < 4.78 is 5.68. The Balaban J connectivity index is 1.22. The number of rotatable bonds is 9. The maximum absolute atomic E-state index is 12.1. The van der Waals surface area contributed by atoms with Gasteiger partial charge in [0, 0.05) is 29.5 Å². The van der Waals surface area contributed by atoms with Crippen molar-refractivity contribution in [2.24, 2.45) is 0 Å². The van der Waals surface area contributed by atoms with Crippen LogP contribution < -0.4 is 10.1 Å². The zero-order chi connectivity index (χ0) is 23.0. The number of ether oxygens (including phenoxy) is 1. The molecule has 3 aromatic carbocycles. The Bertz CT molecular complexity index is 1180. The lowest BCUT2D eigenvalue weighted by atomic mass is 10.1. The van der Waals surface area contributed by atoms with E-state index in [0.717, 1.165) is 33.1 Å². The van der Waals surface area contributed by atoms with Crippen LogP contribution in [0.15, 0.2) is 78.2 Å². The minimum Gasteiger partial charge on any atom is -0.494 e. The molecule has 168 valence electrons. The van der Waals surface area contributed by atoms with E-state index < -0.39 is 0 Å². The largest absolute Gasteiger partial charge is 0.494 e. The predicted octanol–water partition coefficient (Wildman–Crippen LogP) is 6.57. The van der Waals surface area contributed by atoms with Crippen LogP contribution in [0.2, 0.25) is 0 Å². The second kappa shape index (κ2) is 10.9. The van der Waals surface area contributed by atoms with Gasteiger partial charge in [-0.15, -0.1) is 11.3 Å². The molecule has 5 heteroatoms. The highest BCUT2D eigenvalue weighted by Gasteiger charge is 2.07. The molecule has 0 aliphatic carbocycles. The minimum atomic E-state index is 0.0363. The van der Waals surface area contributed by atoms with E-state index in [0.29, 0.717) is 26.0 Å². The molecule has 1 heterocycles. The van der Waals surface area contributed by atoms with Crippen molar-refractivity contribution in [3.63, 3.8) is 0 Å². The topological polar surface area (TPSA) is 51.2 Å². The summed E-state index contributed by atoms with van der Waals surface area (Å²) in [5.41, 5.74) is 6.73. The van der Waals surface area contributed by atoms with E-state index in [9.17, 15) is 4.79 Å². The molecule has 0 unspecified atom stereocenters. The van der Waals surface area contributed by atoms with Crippen LogP contribution in [-0.4, -0.2) is 17.5 Å². The Morgan fingerprint density at radius 3 is 2.21 bits per heavy atom. The van der Waals surface area contributed by atoms with Crippen molar-refractivity contribution in [3.8, 4) is 27.6 Å². The van der Waals surface area contributed by atoms with E-state index in [2.05, 4.69) is 54.0 Å². The van der Waals surface area contributed by atoms with Gasteiger partial charge < -0.3 is 10.1 Å². The van der Waals surface area contributed by atoms with Gasteiger partial charge in [0.05, 0.1) is 12.3 Å². The summed E-state index contributed by atoms with van der Waals surface area (Å²) >= 11 is 1.64. The number of amides is 1. The lowest BCUT2D eigenvalue weighted by molar-refractivity contribution is -0.121. The molecule has 0 aliphatic heterocycles. The highest BCUT2D eigenvalue weighted by molar-refractivity contribution is 7.13.